The Morgan fingerprint density at radius 1 is 1.11 bits per heavy atom. The molecule has 0 bridgehead atoms. The molecule has 3 atom stereocenters. The van der Waals surface area contributed by atoms with Crippen LogP contribution < -0.4 is 10.0 Å². The third-order valence-corrected chi connectivity index (χ3v) is 7.93. The van der Waals surface area contributed by atoms with Gasteiger partial charge in [0.1, 0.15) is 0 Å². The summed E-state index contributed by atoms with van der Waals surface area (Å²) in [4.78, 5) is 12.1. The summed E-state index contributed by atoms with van der Waals surface area (Å²) in [5, 5.41) is 2.51. The zero-order chi connectivity index (χ0) is 20.7. The van der Waals surface area contributed by atoms with E-state index in [1.807, 2.05) is 12.1 Å². The highest BCUT2D eigenvalue weighted by Gasteiger charge is 2.28. The van der Waals surface area contributed by atoms with Gasteiger partial charge in [0, 0.05) is 18.7 Å². The summed E-state index contributed by atoms with van der Waals surface area (Å²) in [6, 6.07) is 8.29. The first-order valence-corrected chi connectivity index (χ1v) is 12.1. The Hall–Kier alpha value is -1.40. The smallest absolute Gasteiger partial charge is 0.224 e. The summed E-state index contributed by atoms with van der Waals surface area (Å²) in [6.07, 6.45) is 5.56. The van der Waals surface area contributed by atoms with Gasteiger partial charge in [-0.1, -0.05) is 38.8 Å². The molecule has 1 aliphatic carbocycles. The fraction of sp³-hybridized carbons (Fsp3) is 0.682. The van der Waals surface area contributed by atoms with Gasteiger partial charge >= 0.3 is 0 Å². The van der Waals surface area contributed by atoms with Crippen molar-refractivity contribution >= 4 is 21.6 Å². The molecule has 28 heavy (non-hydrogen) atoms. The first-order valence-electron chi connectivity index (χ1n) is 10.6. The van der Waals surface area contributed by atoms with E-state index < -0.39 is 15.3 Å². The first-order chi connectivity index (χ1) is 13.2. The Morgan fingerprint density at radius 2 is 1.79 bits per heavy atom. The van der Waals surface area contributed by atoms with Crippen LogP contribution in [0.1, 0.15) is 77.7 Å². The number of carbonyl (C=O) groups is 1. The van der Waals surface area contributed by atoms with Crippen molar-refractivity contribution < 1.29 is 13.2 Å². The average molecular weight is 409 g/mol. The molecule has 0 aliphatic heterocycles. The second-order valence-electron chi connectivity index (χ2n) is 8.49. The minimum Gasteiger partial charge on any atom is -0.326 e. The van der Waals surface area contributed by atoms with Gasteiger partial charge in [0.15, 0.2) is 0 Å². The van der Waals surface area contributed by atoms with Crippen LogP contribution in [0.25, 0.3) is 0 Å². The standard InChI is InChI=1S/C22H36N2O3S/c1-16(2)28(26,27)23-15-6-5-10-22(25)24-20-13-11-19(12-14-20)21-9-7-8-17(3)18(21)4/h11-14,16-18,21,23H,5-10,15H2,1-4H3,(H,24,25). The zero-order valence-electron chi connectivity index (χ0n) is 17.7. The predicted octanol–water partition coefficient (Wildman–Crippen LogP) is 4.66. The summed E-state index contributed by atoms with van der Waals surface area (Å²) in [5.74, 6) is 2.05. The number of anilines is 1. The summed E-state index contributed by atoms with van der Waals surface area (Å²) < 4.78 is 25.9. The Labute approximate surface area is 170 Å². The minimum atomic E-state index is -3.22. The van der Waals surface area contributed by atoms with Gasteiger partial charge < -0.3 is 5.32 Å². The fourth-order valence-corrected chi connectivity index (χ4v) is 4.64. The molecule has 1 aromatic rings. The topological polar surface area (TPSA) is 75.3 Å². The van der Waals surface area contributed by atoms with Gasteiger partial charge in [0.25, 0.3) is 0 Å². The highest BCUT2D eigenvalue weighted by atomic mass is 32.2. The van der Waals surface area contributed by atoms with Crippen LogP contribution in [0.3, 0.4) is 0 Å². The Bertz CT molecular complexity index is 729. The van der Waals surface area contributed by atoms with Crippen LogP contribution in [0, 0.1) is 11.8 Å². The van der Waals surface area contributed by atoms with Gasteiger partial charge in [0.05, 0.1) is 5.25 Å². The highest BCUT2D eigenvalue weighted by Crippen LogP contribution is 2.40. The van der Waals surface area contributed by atoms with E-state index in [9.17, 15) is 13.2 Å². The van der Waals surface area contributed by atoms with Crippen molar-refractivity contribution in [3.63, 3.8) is 0 Å². The minimum absolute atomic E-state index is 0.0286. The van der Waals surface area contributed by atoms with E-state index in [4.69, 9.17) is 0 Å². The molecular weight excluding hydrogens is 372 g/mol. The van der Waals surface area contributed by atoms with E-state index in [1.54, 1.807) is 13.8 Å². The summed E-state index contributed by atoms with van der Waals surface area (Å²) in [5.41, 5.74) is 2.19. The molecule has 158 valence electrons. The number of rotatable bonds is 9. The molecule has 1 fully saturated rings. The van der Waals surface area contributed by atoms with E-state index in [2.05, 4.69) is 36.0 Å². The number of sulfonamides is 1. The number of carbonyl (C=O) groups excluding carboxylic acids is 1. The third-order valence-electron chi connectivity index (χ3n) is 6.08. The van der Waals surface area contributed by atoms with Gasteiger partial charge in [-0.15, -0.1) is 0 Å². The summed E-state index contributed by atoms with van der Waals surface area (Å²) in [6.45, 7) is 8.37. The van der Waals surface area contributed by atoms with E-state index in [0.29, 0.717) is 37.6 Å². The van der Waals surface area contributed by atoms with Crippen molar-refractivity contribution in [3.05, 3.63) is 29.8 Å². The summed E-state index contributed by atoms with van der Waals surface area (Å²) >= 11 is 0. The maximum absolute atomic E-state index is 12.1. The molecule has 2 N–H and O–H groups in total. The second-order valence-corrected chi connectivity index (χ2v) is 10.8. The molecule has 1 saturated carbocycles. The Kier molecular flexibility index (Phi) is 8.50. The Balaban J connectivity index is 1.74. The van der Waals surface area contributed by atoms with Crippen molar-refractivity contribution in [2.45, 2.75) is 77.4 Å². The number of amides is 1. The van der Waals surface area contributed by atoms with Crippen LogP contribution >= 0.6 is 0 Å². The molecule has 2 rings (SSSR count). The van der Waals surface area contributed by atoms with Crippen molar-refractivity contribution in [1.82, 2.24) is 4.72 Å². The molecule has 1 aliphatic rings. The molecule has 1 aromatic carbocycles. The van der Waals surface area contributed by atoms with Crippen LogP contribution in [-0.4, -0.2) is 26.1 Å². The zero-order valence-corrected chi connectivity index (χ0v) is 18.5. The van der Waals surface area contributed by atoms with Crippen LogP contribution in [0.2, 0.25) is 0 Å². The molecule has 6 heteroatoms. The normalized spacial score (nSPS) is 23.0. The van der Waals surface area contributed by atoms with E-state index in [1.165, 1.54) is 24.8 Å². The quantitative estimate of drug-likeness (QED) is 0.583. The van der Waals surface area contributed by atoms with Crippen LogP contribution in [0.5, 0.6) is 0 Å². The molecule has 5 nitrogen and oxygen atoms in total. The second kappa shape index (κ2) is 10.4. The lowest BCUT2D eigenvalue weighted by Crippen LogP contribution is -2.31. The maximum Gasteiger partial charge on any atom is 0.224 e. The van der Waals surface area contributed by atoms with Crippen molar-refractivity contribution in [2.75, 3.05) is 11.9 Å². The van der Waals surface area contributed by atoms with Crippen LogP contribution in [-0.2, 0) is 14.8 Å². The number of unbranched alkanes of at least 4 members (excludes halogenated alkanes) is 1. The maximum atomic E-state index is 12.1. The van der Waals surface area contributed by atoms with Crippen molar-refractivity contribution in [1.29, 1.82) is 0 Å². The predicted molar refractivity (Wildman–Crippen MR) is 116 cm³/mol. The molecule has 0 aromatic heterocycles. The van der Waals surface area contributed by atoms with Crippen LogP contribution in [0.4, 0.5) is 5.69 Å². The van der Waals surface area contributed by atoms with Crippen molar-refractivity contribution in [3.8, 4) is 0 Å². The molecule has 0 radical (unpaired) electrons. The molecule has 0 spiro atoms. The third kappa shape index (κ3) is 6.59. The number of hydrogen-bond acceptors (Lipinski definition) is 3. The lowest BCUT2D eigenvalue weighted by molar-refractivity contribution is -0.116. The lowest BCUT2D eigenvalue weighted by atomic mass is 9.71. The molecule has 0 saturated heterocycles. The number of hydrogen-bond donors (Lipinski definition) is 2. The van der Waals surface area contributed by atoms with Gasteiger partial charge in [-0.3, -0.25) is 4.79 Å². The molecular formula is C22H36N2O3S. The highest BCUT2D eigenvalue weighted by molar-refractivity contribution is 7.90. The average Bonchev–Trinajstić information content (AvgIpc) is 2.64. The first kappa shape index (κ1) is 22.9. The molecule has 0 heterocycles. The van der Waals surface area contributed by atoms with E-state index >= 15 is 0 Å². The fourth-order valence-electron chi connectivity index (χ4n) is 3.88. The largest absolute Gasteiger partial charge is 0.326 e. The SMILES string of the molecule is CC1CCCC(c2ccc(NC(=O)CCCCNS(=O)(=O)C(C)C)cc2)C1C. The number of benzene rings is 1. The monoisotopic (exact) mass is 408 g/mol. The van der Waals surface area contributed by atoms with Gasteiger partial charge in [0.2, 0.25) is 15.9 Å². The van der Waals surface area contributed by atoms with Crippen LogP contribution in [0.15, 0.2) is 24.3 Å². The van der Waals surface area contributed by atoms with Gasteiger partial charge in [-0.2, -0.15) is 0 Å². The molecule has 1 amide bonds. The Morgan fingerprint density at radius 3 is 2.43 bits per heavy atom. The van der Waals surface area contributed by atoms with E-state index in [-0.39, 0.29) is 5.91 Å². The number of nitrogens with one attached hydrogen (secondary N) is 2. The van der Waals surface area contributed by atoms with Crippen molar-refractivity contribution in [2.24, 2.45) is 11.8 Å². The lowest BCUT2D eigenvalue weighted by Gasteiger charge is -2.34. The summed E-state index contributed by atoms with van der Waals surface area (Å²) in [7, 11) is -3.22. The van der Waals surface area contributed by atoms with Gasteiger partial charge in [-0.05, 0) is 68.6 Å². The molecule has 3 unspecified atom stereocenters. The van der Waals surface area contributed by atoms with E-state index in [0.717, 1.165) is 11.6 Å². The van der Waals surface area contributed by atoms with Gasteiger partial charge in [-0.25, -0.2) is 13.1 Å².